The first-order valence-electron chi connectivity index (χ1n) is 4.83. The fourth-order valence-corrected chi connectivity index (χ4v) is 1.09. The van der Waals surface area contributed by atoms with Gasteiger partial charge in [0.25, 0.3) is 0 Å². The maximum Gasteiger partial charge on any atom is 0.330 e. The third-order valence-corrected chi connectivity index (χ3v) is 1.82. The predicted octanol–water partition coefficient (Wildman–Crippen LogP) is 1.80. The summed E-state index contributed by atoms with van der Waals surface area (Å²) >= 11 is 0. The zero-order valence-electron chi connectivity index (χ0n) is 9.14. The highest BCUT2D eigenvalue weighted by molar-refractivity contribution is 5.81. The molecule has 86 valence electrons. The van der Waals surface area contributed by atoms with Crippen LogP contribution in [0.4, 0.5) is 0 Å². The Bertz CT molecular complexity index is 360. The second kappa shape index (κ2) is 6.50. The lowest BCUT2D eigenvalue weighted by Gasteiger charge is -2.09. The average molecular weight is 222 g/mol. The SMILES string of the molecule is C=CC(=O)OCCOc1ccccc1OC. The first kappa shape index (κ1) is 12.1. The largest absolute Gasteiger partial charge is 0.493 e. The average Bonchev–Trinajstić information content (AvgIpc) is 2.34. The van der Waals surface area contributed by atoms with Gasteiger partial charge in [0, 0.05) is 6.08 Å². The van der Waals surface area contributed by atoms with Crippen molar-refractivity contribution in [3.8, 4) is 11.5 Å². The van der Waals surface area contributed by atoms with Gasteiger partial charge in [0.05, 0.1) is 7.11 Å². The Morgan fingerprint density at radius 1 is 1.31 bits per heavy atom. The minimum Gasteiger partial charge on any atom is -0.493 e. The van der Waals surface area contributed by atoms with E-state index in [2.05, 4.69) is 6.58 Å². The van der Waals surface area contributed by atoms with E-state index in [9.17, 15) is 4.79 Å². The Hall–Kier alpha value is -1.97. The summed E-state index contributed by atoms with van der Waals surface area (Å²) in [5.41, 5.74) is 0. The van der Waals surface area contributed by atoms with Gasteiger partial charge in [-0.25, -0.2) is 4.79 Å². The van der Waals surface area contributed by atoms with Crippen LogP contribution in [0.1, 0.15) is 0 Å². The molecule has 0 saturated carbocycles. The van der Waals surface area contributed by atoms with Gasteiger partial charge in [-0.05, 0) is 12.1 Å². The summed E-state index contributed by atoms with van der Waals surface area (Å²) in [6, 6.07) is 7.27. The number of rotatable bonds is 6. The maximum absolute atomic E-state index is 10.7. The lowest BCUT2D eigenvalue weighted by Crippen LogP contribution is -2.10. The zero-order valence-corrected chi connectivity index (χ0v) is 9.14. The highest BCUT2D eigenvalue weighted by atomic mass is 16.6. The van der Waals surface area contributed by atoms with Crippen LogP contribution < -0.4 is 9.47 Å². The molecular weight excluding hydrogens is 208 g/mol. The van der Waals surface area contributed by atoms with Crippen molar-refractivity contribution in [2.45, 2.75) is 0 Å². The molecule has 1 aromatic carbocycles. The number of hydrogen-bond donors (Lipinski definition) is 0. The fourth-order valence-electron chi connectivity index (χ4n) is 1.09. The van der Waals surface area contributed by atoms with E-state index < -0.39 is 5.97 Å². The molecule has 0 saturated heterocycles. The molecule has 0 N–H and O–H groups in total. The first-order chi connectivity index (χ1) is 7.77. The van der Waals surface area contributed by atoms with E-state index in [0.29, 0.717) is 11.5 Å². The molecule has 16 heavy (non-hydrogen) atoms. The molecule has 0 amide bonds. The van der Waals surface area contributed by atoms with Crippen LogP contribution in [0.5, 0.6) is 11.5 Å². The van der Waals surface area contributed by atoms with Gasteiger partial charge in [0.2, 0.25) is 0 Å². The summed E-state index contributed by atoms with van der Waals surface area (Å²) in [6.07, 6.45) is 1.11. The number of ether oxygens (including phenoxy) is 3. The predicted molar refractivity (Wildman–Crippen MR) is 59.6 cm³/mol. The van der Waals surface area contributed by atoms with E-state index in [-0.39, 0.29) is 13.2 Å². The number of carbonyl (C=O) groups excluding carboxylic acids is 1. The van der Waals surface area contributed by atoms with Crippen LogP contribution in [-0.2, 0) is 9.53 Å². The van der Waals surface area contributed by atoms with Gasteiger partial charge in [-0.1, -0.05) is 18.7 Å². The number of para-hydroxylation sites is 2. The minimum absolute atomic E-state index is 0.183. The molecule has 0 bridgehead atoms. The number of carbonyl (C=O) groups is 1. The molecule has 0 aliphatic rings. The van der Waals surface area contributed by atoms with Crippen molar-refractivity contribution in [2.75, 3.05) is 20.3 Å². The van der Waals surface area contributed by atoms with Crippen LogP contribution in [0, 0.1) is 0 Å². The van der Waals surface area contributed by atoms with E-state index in [1.54, 1.807) is 19.2 Å². The number of esters is 1. The molecule has 1 aromatic rings. The molecule has 0 unspecified atom stereocenters. The Morgan fingerprint density at radius 3 is 2.62 bits per heavy atom. The molecule has 0 atom stereocenters. The molecule has 0 radical (unpaired) electrons. The highest BCUT2D eigenvalue weighted by Crippen LogP contribution is 2.25. The summed E-state index contributed by atoms with van der Waals surface area (Å²) in [5, 5.41) is 0. The highest BCUT2D eigenvalue weighted by Gasteiger charge is 2.02. The lowest BCUT2D eigenvalue weighted by molar-refractivity contribution is -0.138. The topological polar surface area (TPSA) is 44.8 Å². The van der Waals surface area contributed by atoms with Crippen molar-refractivity contribution in [3.05, 3.63) is 36.9 Å². The summed E-state index contributed by atoms with van der Waals surface area (Å²) in [4.78, 5) is 10.7. The Kier molecular flexibility index (Phi) is 4.92. The molecule has 4 heteroatoms. The Labute approximate surface area is 94.4 Å². The lowest BCUT2D eigenvalue weighted by atomic mass is 10.3. The molecule has 0 aliphatic heterocycles. The van der Waals surface area contributed by atoms with Crippen LogP contribution in [0.25, 0.3) is 0 Å². The summed E-state index contributed by atoms with van der Waals surface area (Å²) < 4.78 is 15.2. The van der Waals surface area contributed by atoms with Gasteiger partial charge < -0.3 is 14.2 Å². The maximum atomic E-state index is 10.7. The third kappa shape index (κ3) is 3.65. The van der Waals surface area contributed by atoms with Gasteiger partial charge in [0.15, 0.2) is 11.5 Å². The normalized spacial score (nSPS) is 9.31. The smallest absolute Gasteiger partial charge is 0.330 e. The van der Waals surface area contributed by atoms with Crippen molar-refractivity contribution in [1.82, 2.24) is 0 Å². The fraction of sp³-hybridized carbons (Fsp3) is 0.250. The zero-order chi connectivity index (χ0) is 11.8. The molecule has 0 aliphatic carbocycles. The van der Waals surface area contributed by atoms with Crippen LogP contribution in [0.15, 0.2) is 36.9 Å². The van der Waals surface area contributed by atoms with Gasteiger partial charge in [-0.3, -0.25) is 0 Å². The van der Waals surface area contributed by atoms with Gasteiger partial charge in [-0.15, -0.1) is 0 Å². The molecule has 1 rings (SSSR count). The summed E-state index contributed by atoms with van der Waals surface area (Å²) in [5.74, 6) is 0.820. The van der Waals surface area contributed by atoms with Crippen LogP contribution in [0.3, 0.4) is 0 Å². The molecule has 0 spiro atoms. The van der Waals surface area contributed by atoms with E-state index in [4.69, 9.17) is 14.2 Å². The Balaban J connectivity index is 2.37. The van der Waals surface area contributed by atoms with E-state index in [1.165, 1.54) is 0 Å². The summed E-state index contributed by atoms with van der Waals surface area (Å²) in [7, 11) is 1.57. The Morgan fingerprint density at radius 2 is 2.00 bits per heavy atom. The minimum atomic E-state index is -0.455. The second-order valence-corrected chi connectivity index (χ2v) is 2.87. The van der Waals surface area contributed by atoms with Crippen molar-refractivity contribution >= 4 is 5.97 Å². The molecule has 0 heterocycles. The third-order valence-electron chi connectivity index (χ3n) is 1.82. The van der Waals surface area contributed by atoms with Crippen molar-refractivity contribution < 1.29 is 19.0 Å². The van der Waals surface area contributed by atoms with Crippen molar-refractivity contribution in [2.24, 2.45) is 0 Å². The number of benzene rings is 1. The van der Waals surface area contributed by atoms with Crippen molar-refractivity contribution in [3.63, 3.8) is 0 Å². The van der Waals surface area contributed by atoms with Crippen LogP contribution in [-0.4, -0.2) is 26.3 Å². The monoisotopic (exact) mass is 222 g/mol. The molecule has 4 nitrogen and oxygen atoms in total. The van der Waals surface area contributed by atoms with E-state index in [0.717, 1.165) is 6.08 Å². The van der Waals surface area contributed by atoms with E-state index in [1.807, 2.05) is 12.1 Å². The van der Waals surface area contributed by atoms with Gasteiger partial charge in [0.1, 0.15) is 13.2 Å². The number of methoxy groups -OCH3 is 1. The summed E-state index contributed by atoms with van der Waals surface area (Å²) in [6.45, 7) is 3.75. The van der Waals surface area contributed by atoms with Gasteiger partial charge >= 0.3 is 5.97 Å². The quantitative estimate of drug-likeness (QED) is 0.418. The number of hydrogen-bond acceptors (Lipinski definition) is 4. The first-order valence-corrected chi connectivity index (χ1v) is 4.83. The van der Waals surface area contributed by atoms with Gasteiger partial charge in [-0.2, -0.15) is 0 Å². The van der Waals surface area contributed by atoms with Crippen LogP contribution >= 0.6 is 0 Å². The van der Waals surface area contributed by atoms with Crippen LogP contribution in [0.2, 0.25) is 0 Å². The van der Waals surface area contributed by atoms with Crippen molar-refractivity contribution in [1.29, 1.82) is 0 Å². The second-order valence-electron chi connectivity index (χ2n) is 2.87. The molecule has 0 fully saturated rings. The van der Waals surface area contributed by atoms with E-state index >= 15 is 0 Å². The molecular formula is C12H14O4. The molecule has 0 aromatic heterocycles. The standard InChI is InChI=1S/C12H14O4/c1-3-12(13)16-9-8-15-11-7-5-4-6-10(11)14-2/h3-7H,1,8-9H2,2H3.